The smallest absolute Gasteiger partial charge is 0.349 e. The van der Waals surface area contributed by atoms with E-state index in [1.165, 1.54) is 18.3 Å². The number of alkyl halides is 3. The van der Waals surface area contributed by atoms with Crippen LogP contribution in [0.4, 0.5) is 24.8 Å². The minimum absolute atomic E-state index is 0.106. The van der Waals surface area contributed by atoms with E-state index in [1.54, 1.807) is 0 Å². The van der Waals surface area contributed by atoms with E-state index in [2.05, 4.69) is 20.0 Å². The maximum Gasteiger partial charge on any atom is 0.452 e. The molecule has 0 aliphatic carbocycles. The molecule has 18 heavy (non-hydrogen) atoms. The van der Waals surface area contributed by atoms with Crippen LogP contribution in [0.3, 0.4) is 0 Å². The molecule has 0 amide bonds. The van der Waals surface area contributed by atoms with Gasteiger partial charge in [0.25, 0.3) is 0 Å². The number of nitrogens with one attached hydrogen (secondary N) is 1. The van der Waals surface area contributed by atoms with Crippen molar-refractivity contribution >= 4 is 17.9 Å². The zero-order valence-electron chi connectivity index (χ0n) is 8.73. The van der Waals surface area contributed by atoms with E-state index < -0.39 is 11.9 Å². The highest BCUT2D eigenvalue weighted by Gasteiger charge is 2.36. The maximum atomic E-state index is 12.3. The minimum atomic E-state index is -4.61. The lowest BCUT2D eigenvalue weighted by Crippen LogP contribution is -2.02. The molecular weight excluding hydrogens is 251 g/mol. The first-order valence-corrected chi connectivity index (χ1v) is 4.72. The number of carbonyl (C=O) groups is 1. The summed E-state index contributed by atoms with van der Waals surface area (Å²) in [7, 11) is 0. The first-order valence-electron chi connectivity index (χ1n) is 4.72. The number of nitrogens with zero attached hydrogens (tertiary/aromatic N) is 2. The van der Waals surface area contributed by atoms with Gasteiger partial charge in [-0.15, -0.1) is 0 Å². The third-order valence-electron chi connectivity index (χ3n) is 2.00. The predicted octanol–water partition coefficient (Wildman–Crippen LogP) is 2.64. The van der Waals surface area contributed by atoms with E-state index in [0.29, 0.717) is 12.4 Å². The van der Waals surface area contributed by atoms with Crippen LogP contribution in [-0.4, -0.2) is 16.4 Å². The molecule has 2 aromatic heterocycles. The molecule has 0 saturated heterocycles. The van der Waals surface area contributed by atoms with E-state index in [-0.39, 0.29) is 17.2 Å². The second-order valence-electron chi connectivity index (χ2n) is 3.26. The van der Waals surface area contributed by atoms with Gasteiger partial charge >= 0.3 is 6.18 Å². The maximum absolute atomic E-state index is 12.3. The molecule has 0 unspecified atom stereocenters. The Labute approximate surface area is 98.6 Å². The van der Waals surface area contributed by atoms with E-state index in [9.17, 15) is 18.0 Å². The van der Waals surface area contributed by atoms with Crippen molar-refractivity contribution in [2.75, 3.05) is 5.32 Å². The van der Waals surface area contributed by atoms with Crippen LogP contribution in [0.15, 0.2) is 28.9 Å². The van der Waals surface area contributed by atoms with Gasteiger partial charge in [-0.25, -0.2) is 4.98 Å². The van der Waals surface area contributed by atoms with Crippen LogP contribution >= 0.6 is 0 Å². The average Bonchev–Trinajstić information content (AvgIpc) is 2.78. The standard InChI is InChI=1S/C10H6F3N3O2/c11-10(12,13)7-4-8(16-18-7)15-9-6(5-17)2-1-3-14-9/h1-5H,(H,14,15,16). The molecule has 0 bridgehead atoms. The molecule has 1 N–H and O–H groups in total. The number of hydrogen-bond donors (Lipinski definition) is 1. The summed E-state index contributed by atoms with van der Waals surface area (Å²) < 4.78 is 40.9. The Morgan fingerprint density at radius 1 is 1.39 bits per heavy atom. The second-order valence-corrected chi connectivity index (χ2v) is 3.26. The van der Waals surface area contributed by atoms with Gasteiger partial charge in [-0.05, 0) is 12.1 Å². The zero-order valence-corrected chi connectivity index (χ0v) is 8.73. The second kappa shape index (κ2) is 4.47. The van der Waals surface area contributed by atoms with Gasteiger partial charge in [-0.3, -0.25) is 4.79 Å². The number of anilines is 2. The molecule has 0 aromatic carbocycles. The van der Waals surface area contributed by atoms with Gasteiger partial charge in [-0.2, -0.15) is 13.2 Å². The summed E-state index contributed by atoms with van der Waals surface area (Å²) in [5.74, 6) is -1.30. The Balaban J connectivity index is 2.24. The van der Waals surface area contributed by atoms with Crippen LogP contribution in [0.5, 0.6) is 0 Å². The molecule has 0 spiro atoms. The van der Waals surface area contributed by atoms with Gasteiger partial charge in [0.15, 0.2) is 12.1 Å². The lowest BCUT2D eigenvalue weighted by atomic mass is 10.3. The fourth-order valence-corrected chi connectivity index (χ4v) is 1.21. The minimum Gasteiger partial charge on any atom is -0.349 e. The Morgan fingerprint density at radius 2 is 2.17 bits per heavy atom. The van der Waals surface area contributed by atoms with Crippen molar-refractivity contribution < 1.29 is 22.5 Å². The van der Waals surface area contributed by atoms with Gasteiger partial charge in [0.2, 0.25) is 5.76 Å². The molecule has 0 aliphatic heterocycles. The molecule has 2 heterocycles. The summed E-state index contributed by atoms with van der Waals surface area (Å²) in [4.78, 5) is 14.5. The van der Waals surface area contributed by atoms with Gasteiger partial charge in [-0.1, -0.05) is 5.16 Å². The highest BCUT2D eigenvalue weighted by molar-refractivity contribution is 5.83. The molecule has 0 atom stereocenters. The van der Waals surface area contributed by atoms with E-state index in [0.717, 1.165) is 0 Å². The van der Waals surface area contributed by atoms with Crippen LogP contribution in [-0.2, 0) is 6.18 Å². The summed E-state index contributed by atoms with van der Waals surface area (Å²) in [6.45, 7) is 0. The normalized spacial score (nSPS) is 11.3. The van der Waals surface area contributed by atoms with Crippen LogP contribution < -0.4 is 5.32 Å². The average molecular weight is 257 g/mol. The molecule has 94 valence electrons. The molecule has 0 saturated carbocycles. The van der Waals surface area contributed by atoms with Crippen molar-refractivity contribution in [2.24, 2.45) is 0 Å². The van der Waals surface area contributed by atoms with Crippen molar-refractivity contribution in [3.63, 3.8) is 0 Å². The van der Waals surface area contributed by atoms with Crippen molar-refractivity contribution in [3.8, 4) is 0 Å². The van der Waals surface area contributed by atoms with E-state index in [1.807, 2.05) is 0 Å². The molecular formula is C10H6F3N3O2. The molecule has 0 fully saturated rings. The Hall–Kier alpha value is -2.38. The number of rotatable bonds is 3. The summed E-state index contributed by atoms with van der Waals surface area (Å²) in [6, 6.07) is 3.68. The van der Waals surface area contributed by atoms with E-state index in [4.69, 9.17) is 0 Å². The zero-order chi connectivity index (χ0) is 13.2. The molecule has 5 nitrogen and oxygen atoms in total. The molecule has 0 aliphatic rings. The number of aromatic nitrogens is 2. The third-order valence-corrected chi connectivity index (χ3v) is 2.00. The number of halogens is 3. The number of carbonyl (C=O) groups excluding carboxylic acids is 1. The summed E-state index contributed by atoms with van der Waals surface area (Å²) in [5, 5.41) is 5.66. The van der Waals surface area contributed by atoms with E-state index >= 15 is 0 Å². The fourth-order valence-electron chi connectivity index (χ4n) is 1.21. The third kappa shape index (κ3) is 2.47. The lowest BCUT2D eigenvalue weighted by molar-refractivity contribution is -0.155. The monoisotopic (exact) mass is 257 g/mol. The number of hydrogen-bond acceptors (Lipinski definition) is 5. The largest absolute Gasteiger partial charge is 0.452 e. The first-order chi connectivity index (χ1) is 8.50. The van der Waals surface area contributed by atoms with Crippen molar-refractivity contribution in [2.45, 2.75) is 6.18 Å². The first kappa shape index (κ1) is 12.1. The SMILES string of the molecule is O=Cc1cccnc1Nc1cc(C(F)(F)F)on1. The van der Waals surface area contributed by atoms with Gasteiger partial charge in [0.1, 0.15) is 5.82 Å². The van der Waals surface area contributed by atoms with Crippen molar-refractivity contribution in [1.82, 2.24) is 10.1 Å². The summed E-state index contributed by atoms with van der Waals surface area (Å²) >= 11 is 0. The van der Waals surface area contributed by atoms with Gasteiger partial charge in [0, 0.05) is 12.3 Å². The molecule has 0 radical (unpaired) electrons. The molecule has 2 aromatic rings. The highest BCUT2D eigenvalue weighted by atomic mass is 19.4. The van der Waals surface area contributed by atoms with Crippen LogP contribution in [0.2, 0.25) is 0 Å². The quantitative estimate of drug-likeness (QED) is 0.856. The fraction of sp³-hybridized carbons (Fsp3) is 0.100. The summed E-state index contributed by atoms with van der Waals surface area (Å²) in [5.41, 5.74) is 0.203. The van der Waals surface area contributed by atoms with Crippen LogP contribution in [0.25, 0.3) is 0 Å². The molecule has 8 heteroatoms. The lowest BCUT2D eigenvalue weighted by Gasteiger charge is -2.02. The molecule has 2 rings (SSSR count). The summed E-state index contributed by atoms with van der Waals surface area (Å²) in [6.07, 6.45) is -2.69. The topological polar surface area (TPSA) is 68.0 Å². The Bertz CT molecular complexity index is 565. The Kier molecular flexibility index (Phi) is 3.00. The highest BCUT2D eigenvalue weighted by Crippen LogP contribution is 2.31. The number of pyridine rings is 1. The van der Waals surface area contributed by atoms with Crippen molar-refractivity contribution in [1.29, 1.82) is 0 Å². The van der Waals surface area contributed by atoms with Crippen LogP contribution in [0.1, 0.15) is 16.1 Å². The Morgan fingerprint density at radius 3 is 2.78 bits per heavy atom. The predicted molar refractivity (Wildman–Crippen MR) is 54.4 cm³/mol. The van der Waals surface area contributed by atoms with Gasteiger partial charge < -0.3 is 9.84 Å². The number of aldehydes is 1. The van der Waals surface area contributed by atoms with Crippen molar-refractivity contribution in [3.05, 3.63) is 35.7 Å². The van der Waals surface area contributed by atoms with Gasteiger partial charge in [0.05, 0.1) is 5.56 Å². The van der Waals surface area contributed by atoms with Crippen LogP contribution in [0, 0.1) is 0 Å².